The van der Waals surface area contributed by atoms with E-state index in [2.05, 4.69) is 0 Å². The summed E-state index contributed by atoms with van der Waals surface area (Å²) in [5.41, 5.74) is 1.18. The third-order valence-corrected chi connectivity index (χ3v) is 2.97. The molecule has 15 heavy (non-hydrogen) atoms. The SMILES string of the molecule is NCC1CC(=O)N(CCSC(F)(F)F)C1. The number of thioether (sulfide) groups is 1. The molecule has 1 heterocycles. The number of likely N-dealkylation sites (tertiary alicyclic amines) is 1. The lowest BCUT2D eigenvalue weighted by atomic mass is 10.1. The van der Waals surface area contributed by atoms with Crippen LogP contribution in [0.25, 0.3) is 0 Å². The van der Waals surface area contributed by atoms with E-state index >= 15 is 0 Å². The Hall–Kier alpha value is -0.430. The van der Waals surface area contributed by atoms with Gasteiger partial charge in [0.1, 0.15) is 0 Å². The summed E-state index contributed by atoms with van der Waals surface area (Å²) in [4.78, 5) is 12.7. The number of nitrogens with two attached hydrogens (primary N) is 1. The van der Waals surface area contributed by atoms with E-state index in [-0.39, 0.29) is 35.9 Å². The molecule has 2 N–H and O–H groups in total. The molecule has 3 nitrogen and oxygen atoms in total. The van der Waals surface area contributed by atoms with Crippen molar-refractivity contribution in [1.82, 2.24) is 4.90 Å². The van der Waals surface area contributed by atoms with Crippen molar-refractivity contribution in [2.45, 2.75) is 11.9 Å². The first-order valence-electron chi connectivity index (χ1n) is 4.61. The molecule has 1 aliphatic rings. The van der Waals surface area contributed by atoms with Crippen LogP contribution in [0.4, 0.5) is 13.2 Å². The van der Waals surface area contributed by atoms with Gasteiger partial charge in [-0.2, -0.15) is 13.2 Å². The molecule has 1 saturated heterocycles. The van der Waals surface area contributed by atoms with Crippen molar-refractivity contribution in [2.75, 3.05) is 25.4 Å². The highest BCUT2D eigenvalue weighted by atomic mass is 32.2. The Kier molecular flexibility index (Phi) is 4.27. The van der Waals surface area contributed by atoms with E-state index in [4.69, 9.17) is 5.73 Å². The van der Waals surface area contributed by atoms with Crippen LogP contribution in [0.5, 0.6) is 0 Å². The lowest BCUT2D eigenvalue weighted by Crippen LogP contribution is -2.29. The van der Waals surface area contributed by atoms with Crippen LogP contribution in [0.3, 0.4) is 0 Å². The first-order chi connectivity index (χ1) is 6.92. The van der Waals surface area contributed by atoms with E-state index in [1.807, 2.05) is 0 Å². The molecule has 0 aromatic heterocycles. The molecule has 88 valence electrons. The Morgan fingerprint density at radius 2 is 2.20 bits per heavy atom. The maximum atomic E-state index is 11.8. The van der Waals surface area contributed by atoms with Gasteiger partial charge in [-0.25, -0.2) is 0 Å². The van der Waals surface area contributed by atoms with Crippen LogP contribution in [-0.2, 0) is 4.79 Å². The van der Waals surface area contributed by atoms with Gasteiger partial charge in [0.05, 0.1) is 0 Å². The average molecular weight is 242 g/mol. The van der Waals surface area contributed by atoms with Crippen molar-refractivity contribution in [3.05, 3.63) is 0 Å². The minimum absolute atomic E-state index is 0.0896. The fourth-order valence-electron chi connectivity index (χ4n) is 1.50. The normalized spacial score (nSPS) is 22.5. The minimum Gasteiger partial charge on any atom is -0.342 e. The molecule has 0 bridgehead atoms. The van der Waals surface area contributed by atoms with Crippen molar-refractivity contribution in [3.8, 4) is 0 Å². The molecule has 1 atom stereocenters. The predicted molar refractivity (Wildman–Crippen MR) is 52.3 cm³/mol. The van der Waals surface area contributed by atoms with Crippen LogP contribution in [0.15, 0.2) is 0 Å². The van der Waals surface area contributed by atoms with Gasteiger partial charge < -0.3 is 10.6 Å². The van der Waals surface area contributed by atoms with E-state index in [1.54, 1.807) is 0 Å². The zero-order valence-electron chi connectivity index (χ0n) is 8.09. The first kappa shape index (κ1) is 12.6. The van der Waals surface area contributed by atoms with Gasteiger partial charge in [0.15, 0.2) is 0 Å². The van der Waals surface area contributed by atoms with Gasteiger partial charge in [-0.3, -0.25) is 4.79 Å². The standard InChI is InChI=1S/C8H13F3N2OS/c9-8(10,11)15-2-1-13-5-6(4-12)3-7(13)14/h6H,1-5,12H2. The number of carbonyl (C=O) groups is 1. The molecule has 1 amide bonds. The van der Waals surface area contributed by atoms with E-state index in [9.17, 15) is 18.0 Å². The number of hydrogen-bond donors (Lipinski definition) is 1. The van der Waals surface area contributed by atoms with E-state index in [0.29, 0.717) is 19.5 Å². The number of alkyl halides is 3. The summed E-state index contributed by atoms with van der Waals surface area (Å²) in [6.45, 7) is 1.06. The molecule has 7 heteroatoms. The predicted octanol–water partition coefficient (Wildman–Crippen LogP) is 1.05. The second-order valence-corrected chi connectivity index (χ2v) is 4.60. The van der Waals surface area contributed by atoms with Gasteiger partial charge in [-0.1, -0.05) is 0 Å². The van der Waals surface area contributed by atoms with Crippen molar-refractivity contribution in [1.29, 1.82) is 0 Å². The number of rotatable bonds is 4. The van der Waals surface area contributed by atoms with Gasteiger partial charge in [0.25, 0.3) is 0 Å². The first-order valence-corrected chi connectivity index (χ1v) is 5.59. The number of hydrogen-bond acceptors (Lipinski definition) is 3. The zero-order valence-corrected chi connectivity index (χ0v) is 8.90. The van der Waals surface area contributed by atoms with Crippen LogP contribution in [0.1, 0.15) is 6.42 Å². The van der Waals surface area contributed by atoms with Crippen LogP contribution < -0.4 is 5.73 Å². The third kappa shape index (κ3) is 4.29. The highest BCUT2D eigenvalue weighted by Gasteiger charge is 2.31. The monoisotopic (exact) mass is 242 g/mol. The number of halogens is 3. The van der Waals surface area contributed by atoms with Crippen molar-refractivity contribution < 1.29 is 18.0 Å². The third-order valence-electron chi connectivity index (χ3n) is 2.25. The Balaban J connectivity index is 2.25. The Morgan fingerprint density at radius 3 is 2.67 bits per heavy atom. The molecule has 0 radical (unpaired) electrons. The van der Waals surface area contributed by atoms with Crippen LogP contribution in [0, 0.1) is 5.92 Å². The average Bonchev–Trinajstić information content (AvgIpc) is 2.45. The van der Waals surface area contributed by atoms with Crippen LogP contribution in [-0.4, -0.2) is 41.7 Å². The summed E-state index contributed by atoms with van der Waals surface area (Å²) in [5.74, 6) is -0.0893. The smallest absolute Gasteiger partial charge is 0.342 e. The summed E-state index contributed by atoms with van der Waals surface area (Å²) in [7, 11) is 0. The minimum atomic E-state index is -4.21. The molecule has 0 saturated carbocycles. The summed E-state index contributed by atoms with van der Waals surface area (Å²) >= 11 is -0.0939. The maximum absolute atomic E-state index is 11.8. The van der Waals surface area contributed by atoms with E-state index in [0.717, 1.165) is 0 Å². The molecule has 0 aromatic rings. The number of carbonyl (C=O) groups excluding carboxylic acids is 1. The molecule has 1 aliphatic heterocycles. The number of amides is 1. The van der Waals surface area contributed by atoms with Crippen molar-refractivity contribution in [3.63, 3.8) is 0 Å². The van der Waals surface area contributed by atoms with E-state index < -0.39 is 5.51 Å². The molecule has 0 aliphatic carbocycles. The van der Waals surface area contributed by atoms with Crippen molar-refractivity contribution >= 4 is 17.7 Å². The topological polar surface area (TPSA) is 46.3 Å². The van der Waals surface area contributed by atoms with Gasteiger partial charge in [-0.15, -0.1) is 0 Å². The van der Waals surface area contributed by atoms with Crippen molar-refractivity contribution in [2.24, 2.45) is 11.7 Å². The molecule has 1 fully saturated rings. The van der Waals surface area contributed by atoms with Gasteiger partial charge in [-0.05, 0) is 24.2 Å². The lowest BCUT2D eigenvalue weighted by Gasteiger charge is -2.16. The molecule has 1 rings (SSSR count). The number of nitrogens with zero attached hydrogens (tertiary/aromatic N) is 1. The lowest BCUT2D eigenvalue weighted by molar-refractivity contribution is -0.127. The molecular weight excluding hydrogens is 229 g/mol. The zero-order chi connectivity index (χ0) is 11.5. The maximum Gasteiger partial charge on any atom is 0.441 e. The highest BCUT2D eigenvalue weighted by molar-refractivity contribution is 8.00. The quantitative estimate of drug-likeness (QED) is 0.801. The van der Waals surface area contributed by atoms with Crippen LogP contribution >= 0.6 is 11.8 Å². The molecule has 0 aromatic carbocycles. The fourth-order valence-corrected chi connectivity index (χ4v) is 2.04. The summed E-state index contributed by atoms with van der Waals surface area (Å²) in [6.07, 6.45) is 0.368. The van der Waals surface area contributed by atoms with Gasteiger partial charge in [0, 0.05) is 25.3 Å². The molecule has 0 spiro atoms. The highest BCUT2D eigenvalue weighted by Crippen LogP contribution is 2.30. The van der Waals surface area contributed by atoms with Gasteiger partial charge in [0.2, 0.25) is 5.91 Å². The largest absolute Gasteiger partial charge is 0.441 e. The fraction of sp³-hybridized carbons (Fsp3) is 0.875. The molecular formula is C8H13F3N2OS. The summed E-state index contributed by atoms with van der Waals surface area (Å²) in [6, 6.07) is 0. The second-order valence-electron chi connectivity index (χ2n) is 3.44. The summed E-state index contributed by atoms with van der Waals surface area (Å²) < 4.78 is 35.4. The molecule has 1 unspecified atom stereocenters. The Morgan fingerprint density at radius 1 is 1.53 bits per heavy atom. The van der Waals surface area contributed by atoms with Crippen LogP contribution in [0.2, 0.25) is 0 Å². The van der Waals surface area contributed by atoms with Gasteiger partial charge >= 0.3 is 5.51 Å². The summed E-state index contributed by atoms with van der Waals surface area (Å²) in [5, 5.41) is 0. The Bertz CT molecular complexity index is 234. The second kappa shape index (κ2) is 5.07. The Labute approximate surface area is 90.2 Å². The van der Waals surface area contributed by atoms with E-state index in [1.165, 1.54) is 4.90 Å².